The molecule has 8 heteroatoms. The number of nitrogens with two attached hydrogens (primary N) is 1. The molecule has 2 aliphatic heterocycles. The van der Waals surface area contributed by atoms with E-state index in [4.69, 9.17) is 11.0 Å². The van der Waals surface area contributed by atoms with E-state index in [0.29, 0.717) is 37.0 Å². The van der Waals surface area contributed by atoms with E-state index in [2.05, 4.69) is 16.3 Å². The Bertz CT molecular complexity index is 701. The standard InChI is InChI=1S/C18H23N5O3/c19-6-12-1-3-15(4-2-12)16(21-17(20)24)11-22-7-13-5-14(8-22)10-23(9-13)18(25)26/h1-4,13-14,16H,5,7-11H2,(H,25,26)(H3,20,21,24). The highest BCUT2D eigenvalue weighted by Gasteiger charge is 2.36. The topological polar surface area (TPSA) is 123 Å². The Morgan fingerprint density at radius 2 is 1.85 bits per heavy atom. The number of piperidine rings is 2. The van der Waals surface area contributed by atoms with E-state index in [1.165, 1.54) is 4.90 Å². The molecule has 0 aromatic heterocycles. The van der Waals surface area contributed by atoms with E-state index in [-0.39, 0.29) is 6.04 Å². The van der Waals surface area contributed by atoms with Gasteiger partial charge in [0.2, 0.25) is 0 Å². The van der Waals surface area contributed by atoms with Crippen LogP contribution in [0.3, 0.4) is 0 Å². The van der Waals surface area contributed by atoms with Crippen LogP contribution in [0.5, 0.6) is 0 Å². The van der Waals surface area contributed by atoms with Crippen molar-refractivity contribution in [2.45, 2.75) is 12.5 Å². The highest BCUT2D eigenvalue weighted by Crippen LogP contribution is 2.29. The summed E-state index contributed by atoms with van der Waals surface area (Å²) in [7, 11) is 0. The number of rotatable bonds is 4. The fourth-order valence-corrected chi connectivity index (χ4v) is 4.15. The number of amides is 3. The lowest BCUT2D eigenvalue weighted by atomic mass is 9.84. The second-order valence-electron chi connectivity index (χ2n) is 7.17. The molecule has 0 aliphatic carbocycles. The highest BCUT2D eigenvalue weighted by molar-refractivity contribution is 5.72. The van der Waals surface area contributed by atoms with Gasteiger partial charge in [0.15, 0.2) is 0 Å². The van der Waals surface area contributed by atoms with Gasteiger partial charge in [0.25, 0.3) is 0 Å². The zero-order valence-electron chi connectivity index (χ0n) is 14.5. The van der Waals surface area contributed by atoms with Crippen LogP contribution >= 0.6 is 0 Å². The molecular weight excluding hydrogens is 334 g/mol. The van der Waals surface area contributed by atoms with Gasteiger partial charge in [0.1, 0.15) is 0 Å². The summed E-state index contributed by atoms with van der Waals surface area (Å²) in [6.07, 6.45) is 0.199. The van der Waals surface area contributed by atoms with E-state index in [9.17, 15) is 14.7 Å². The van der Waals surface area contributed by atoms with Crippen LogP contribution in [0.15, 0.2) is 24.3 Å². The summed E-state index contributed by atoms with van der Waals surface area (Å²) in [6.45, 7) is 3.33. The molecule has 2 saturated heterocycles. The van der Waals surface area contributed by atoms with Crippen LogP contribution in [-0.2, 0) is 0 Å². The summed E-state index contributed by atoms with van der Waals surface area (Å²) in [5, 5.41) is 20.9. The molecule has 3 atom stereocenters. The van der Waals surface area contributed by atoms with Gasteiger partial charge < -0.3 is 26.0 Å². The minimum absolute atomic E-state index is 0.269. The molecule has 0 spiro atoms. The van der Waals surface area contributed by atoms with E-state index < -0.39 is 12.1 Å². The molecule has 26 heavy (non-hydrogen) atoms. The summed E-state index contributed by atoms with van der Waals surface area (Å²) in [4.78, 5) is 26.4. The smallest absolute Gasteiger partial charge is 0.407 e. The average molecular weight is 357 g/mol. The third kappa shape index (κ3) is 4.24. The number of likely N-dealkylation sites (tertiary alicyclic amines) is 2. The van der Waals surface area contributed by atoms with Crippen LogP contribution in [0, 0.1) is 23.2 Å². The first-order valence-corrected chi connectivity index (χ1v) is 8.71. The van der Waals surface area contributed by atoms with Crippen molar-refractivity contribution in [3.63, 3.8) is 0 Å². The summed E-state index contributed by atoms with van der Waals surface area (Å²) in [5.41, 5.74) is 6.80. The summed E-state index contributed by atoms with van der Waals surface area (Å²) < 4.78 is 0. The Morgan fingerprint density at radius 3 is 2.35 bits per heavy atom. The lowest BCUT2D eigenvalue weighted by molar-refractivity contribution is 0.0302. The van der Waals surface area contributed by atoms with Crippen molar-refractivity contribution in [1.82, 2.24) is 15.1 Å². The number of carbonyl (C=O) groups excluding carboxylic acids is 1. The van der Waals surface area contributed by atoms with E-state index >= 15 is 0 Å². The van der Waals surface area contributed by atoms with Crippen molar-refractivity contribution in [2.75, 3.05) is 32.7 Å². The van der Waals surface area contributed by atoms with Crippen molar-refractivity contribution in [2.24, 2.45) is 17.6 Å². The fourth-order valence-electron chi connectivity index (χ4n) is 4.15. The SMILES string of the molecule is N#Cc1ccc(C(CN2CC3CC(C2)CN(C(=O)O)C3)NC(N)=O)cc1. The third-order valence-electron chi connectivity index (χ3n) is 5.13. The molecule has 138 valence electrons. The van der Waals surface area contributed by atoms with Gasteiger partial charge in [-0.15, -0.1) is 0 Å². The molecule has 8 nitrogen and oxygen atoms in total. The summed E-state index contributed by atoms with van der Waals surface area (Å²) in [5.74, 6) is 0.627. The number of urea groups is 1. The van der Waals surface area contributed by atoms with Gasteiger partial charge in [0.05, 0.1) is 17.7 Å². The molecule has 1 aromatic carbocycles. The van der Waals surface area contributed by atoms with Crippen molar-refractivity contribution in [3.05, 3.63) is 35.4 Å². The number of carbonyl (C=O) groups is 2. The summed E-state index contributed by atoms with van der Waals surface area (Å²) >= 11 is 0. The first-order chi connectivity index (χ1) is 12.4. The zero-order chi connectivity index (χ0) is 18.7. The molecule has 3 amide bonds. The van der Waals surface area contributed by atoms with Gasteiger partial charge in [-0.25, -0.2) is 9.59 Å². The highest BCUT2D eigenvalue weighted by atomic mass is 16.4. The van der Waals surface area contributed by atoms with Crippen molar-refractivity contribution < 1.29 is 14.7 Å². The Balaban J connectivity index is 1.68. The van der Waals surface area contributed by atoms with Gasteiger partial charge >= 0.3 is 12.1 Å². The second kappa shape index (κ2) is 7.62. The van der Waals surface area contributed by atoms with Gasteiger partial charge in [-0.2, -0.15) is 5.26 Å². The largest absolute Gasteiger partial charge is 0.465 e. The van der Waals surface area contributed by atoms with Gasteiger partial charge in [-0.1, -0.05) is 12.1 Å². The summed E-state index contributed by atoms with van der Waals surface area (Å²) in [6, 6.07) is 8.33. The van der Waals surface area contributed by atoms with Crippen LogP contribution in [0.2, 0.25) is 0 Å². The maximum Gasteiger partial charge on any atom is 0.407 e. The van der Waals surface area contributed by atoms with Crippen LogP contribution in [0.25, 0.3) is 0 Å². The maximum absolute atomic E-state index is 11.4. The van der Waals surface area contributed by atoms with Crippen LogP contribution in [0.4, 0.5) is 9.59 Å². The quantitative estimate of drug-likeness (QED) is 0.747. The third-order valence-corrected chi connectivity index (χ3v) is 5.13. The molecule has 0 saturated carbocycles. The Hall–Kier alpha value is -2.79. The number of nitrogens with zero attached hydrogens (tertiary/aromatic N) is 3. The van der Waals surface area contributed by atoms with Crippen molar-refractivity contribution in [1.29, 1.82) is 5.26 Å². The number of primary amides is 1. The first kappa shape index (κ1) is 18.0. The number of nitriles is 1. The maximum atomic E-state index is 11.4. The molecule has 0 radical (unpaired) electrons. The fraction of sp³-hybridized carbons (Fsp3) is 0.500. The van der Waals surface area contributed by atoms with Crippen LogP contribution in [-0.4, -0.2) is 59.8 Å². The van der Waals surface area contributed by atoms with Crippen molar-refractivity contribution in [3.8, 4) is 6.07 Å². The van der Waals surface area contributed by atoms with Crippen molar-refractivity contribution >= 4 is 12.1 Å². The number of fused-ring (bicyclic) bond motifs is 2. The van der Waals surface area contributed by atoms with Crippen LogP contribution < -0.4 is 11.1 Å². The number of hydrogen-bond donors (Lipinski definition) is 3. The molecule has 2 fully saturated rings. The van der Waals surface area contributed by atoms with E-state index in [0.717, 1.165) is 25.1 Å². The average Bonchev–Trinajstić information content (AvgIpc) is 2.60. The van der Waals surface area contributed by atoms with Crippen LogP contribution in [0.1, 0.15) is 23.6 Å². The normalized spacial score (nSPS) is 23.7. The number of nitrogens with one attached hydrogen (secondary N) is 1. The van der Waals surface area contributed by atoms with E-state index in [1.807, 2.05) is 12.1 Å². The molecule has 1 aromatic rings. The zero-order valence-corrected chi connectivity index (χ0v) is 14.5. The molecule has 2 aliphatic rings. The molecule has 3 unspecified atom stereocenters. The molecule has 4 N–H and O–H groups in total. The van der Waals surface area contributed by atoms with E-state index in [1.54, 1.807) is 12.1 Å². The van der Waals surface area contributed by atoms with Gasteiger partial charge in [0, 0.05) is 32.7 Å². The van der Waals surface area contributed by atoms with Gasteiger partial charge in [-0.3, -0.25) is 0 Å². The molecular formula is C18H23N5O3. The number of benzene rings is 1. The molecule has 2 heterocycles. The predicted octanol–water partition coefficient (Wildman–Crippen LogP) is 1.20. The first-order valence-electron chi connectivity index (χ1n) is 8.71. The monoisotopic (exact) mass is 357 g/mol. The number of carboxylic acid groups (broad SMARTS) is 1. The predicted molar refractivity (Wildman–Crippen MR) is 94.3 cm³/mol. The van der Waals surface area contributed by atoms with Gasteiger partial charge in [-0.05, 0) is 36.0 Å². The molecule has 2 bridgehead atoms. The number of hydrogen-bond acceptors (Lipinski definition) is 4. The Morgan fingerprint density at radius 1 is 1.23 bits per heavy atom. The Kier molecular flexibility index (Phi) is 5.28. The minimum Gasteiger partial charge on any atom is -0.465 e. The lowest BCUT2D eigenvalue weighted by Gasteiger charge is -2.45. The minimum atomic E-state index is -0.848. The second-order valence-corrected chi connectivity index (χ2v) is 7.17. The molecule has 3 rings (SSSR count). The lowest BCUT2D eigenvalue weighted by Crippen LogP contribution is -2.55. The Labute approximate surface area is 152 Å².